The van der Waals surface area contributed by atoms with E-state index in [1.165, 1.54) is 7.11 Å². The van der Waals surface area contributed by atoms with Gasteiger partial charge in [0.05, 0.1) is 18.5 Å². The zero-order chi connectivity index (χ0) is 27.9. The molecule has 2 fully saturated rings. The molecule has 4 rings (SSSR count). The quantitative estimate of drug-likeness (QED) is 0.424. The van der Waals surface area contributed by atoms with Crippen molar-refractivity contribution in [3.05, 3.63) is 48.0 Å². The Morgan fingerprint density at radius 2 is 1.67 bits per heavy atom. The number of hydrogen-bond donors (Lipinski definition) is 2. The number of carbonyl (C=O) groups excluding carboxylic acids is 2. The maximum atomic E-state index is 13.3. The van der Waals surface area contributed by atoms with Crippen LogP contribution in [0.3, 0.4) is 0 Å². The van der Waals surface area contributed by atoms with Crippen molar-refractivity contribution in [1.82, 2.24) is 9.80 Å². The van der Waals surface area contributed by atoms with Crippen molar-refractivity contribution in [2.75, 3.05) is 51.6 Å². The Kier molecular flexibility index (Phi) is 9.86. The normalized spacial score (nSPS) is 19.0. The third-order valence-corrected chi connectivity index (χ3v) is 7.93. The SMILES string of the molecule is COC(=O)Nc1cc(-c2cccc(CN(C(=O)C3CC3)C3CCC(N)CC3)c2)ccc1N(C)CCCN(C)C. The number of methoxy groups -OCH3 is 1. The molecule has 2 aromatic rings. The van der Waals surface area contributed by atoms with Gasteiger partial charge in [-0.2, -0.15) is 0 Å². The van der Waals surface area contributed by atoms with Gasteiger partial charge >= 0.3 is 6.09 Å². The van der Waals surface area contributed by atoms with Crippen LogP contribution >= 0.6 is 0 Å². The number of amides is 2. The van der Waals surface area contributed by atoms with Gasteiger partial charge in [-0.05, 0) is 100 Å². The van der Waals surface area contributed by atoms with Crippen LogP contribution in [-0.2, 0) is 16.1 Å². The zero-order valence-electron chi connectivity index (χ0n) is 24.0. The third-order valence-electron chi connectivity index (χ3n) is 7.93. The first-order valence-electron chi connectivity index (χ1n) is 14.3. The molecule has 2 aliphatic rings. The van der Waals surface area contributed by atoms with E-state index in [4.69, 9.17) is 10.5 Å². The summed E-state index contributed by atoms with van der Waals surface area (Å²) in [4.78, 5) is 31.9. The summed E-state index contributed by atoms with van der Waals surface area (Å²) in [6.07, 6.45) is 6.44. The van der Waals surface area contributed by atoms with Crippen LogP contribution in [0.25, 0.3) is 11.1 Å². The molecule has 0 spiro atoms. The summed E-state index contributed by atoms with van der Waals surface area (Å²) in [5.41, 5.74) is 11.0. The maximum Gasteiger partial charge on any atom is 0.411 e. The first-order valence-corrected chi connectivity index (χ1v) is 14.3. The second-order valence-corrected chi connectivity index (χ2v) is 11.4. The van der Waals surface area contributed by atoms with Crippen LogP contribution in [-0.4, -0.2) is 75.2 Å². The number of anilines is 2. The summed E-state index contributed by atoms with van der Waals surface area (Å²) < 4.78 is 4.90. The average molecular weight is 536 g/mol. The van der Waals surface area contributed by atoms with Crippen molar-refractivity contribution in [1.29, 1.82) is 0 Å². The molecule has 0 aromatic heterocycles. The Labute approximate surface area is 233 Å². The van der Waals surface area contributed by atoms with E-state index in [0.717, 1.165) is 80.4 Å². The predicted molar refractivity (Wildman–Crippen MR) is 158 cm³/mol. The fraction of sp³-hybridized carbons (Fsp3) is 0.548. The third kappa shape index (κ3) is 7.96. The molecule has 2 amide bonds. The summed E-state index contributed by atoms with van der Waals surface area (Å²) in [6.45, 7) is 2.46. The molecule has 3 N–H and O–H groups in total. The summed E-state index contributed by atoms with van der Waals surface area (Å²) in [7, 11) is 7.55. The van der Waals surface area contributed by atoms with Gasteiger partial charge in [0, 0.05) is 38.1 Å². The molecule has 0 radical (unpaired) electrons. The number of rotatable bonds is 11. The second kappa shape index (κ2) is 13.3. The second-order valence-electron chi connectivity index (χ2n) is 11.4. The Morgan fingerprint density at radius 3 is 2.33 bits per heavy atom. The van der Waals surface area contributed by atoms with Crippen molar-refractivity contribution >= 4 is 23.4 Å². The van der Waals surface area contributed by atoms with Gasteiger partial charge in [0.15, 0.2) is 0 Å². The Morgan fingerprint density at radius 1 is 0.949 bits per heavy atom. The lowest BCUT2D eigenvalue weighted by molar-refractivity contribution is -0.136. The standard InChI is InChI=1S/C31H45N5O3/c1-34(2)17-6-18-35(3)29-16-11-25(20-28(29)33-31(38)39-4)24-8-5-7-22(19-24)21-36(30(37)23-9-10-23)27-14-12-26(32)13-15-27/h5,7-8,11,16,19-20,23,26-27H,6,9-10,12-15,17-18,21,32H2,1-4H3,(H,33,38). The van der Waals surface area contributed by atoms with Crippen molar-refractivity contribution in [2.45, 2.75) is 63.6 Å². The molecule has 0 bridgehead atoms. The number of carbonyl (C=O) groups is 2. The molecule has 0 unspecified atom stereocenters. The van der Waals surface area contributed by atoms with Crippen molar-refractivity contribution in [3.63, 3.8) is 0 Å². The number of nitrogens with one attached hydrogen (secondary N) is 1. The molecule has 8 nitrogen and oxygen atoms in total. The van der Waals surface area contributed by atoms with Crippen LogP contribution in [0.4, 0.5) is 16.2 Å². The van der Waals surface area contributed by atoms with E-state index >= 15 is 0 Å². The minimum Gasteiger partial charge on any atom is -0.453 e. The van der Waals surface area contributed by atoms with E-state index in [0.29, 0.717) is 18.1 Å². The smallest absolute Gasteiger partial charge is 0.411 e. The Balaban J connectivity index is 1.56. The van der Waals surface area contributed by atoms with Crippen molar-refractivity contribution in [3.8, 4) is 11.1 Å². The summed E-state index contributed by atoms with van der Waals surface area (Å²) >= 11 is 0. The van der Waals surface area contributed by atoms with E-state index in [1.54, 1.807) is 0 Å². The number of benzene rings is 2. The highest BCUT2D eigenvalue weighted by atomic mass is 16.5. The van der Waals surface area contributed by atoms with Gasteiger partial charge in [0.2, 0.25) is 5.91 Å². The Hall–Kier alpha value is -3.10. The van der Waals surface area contributed by atoms with Gasteiger partial charge in [-0.15, -0.1) is 0 Å². The van der Waals surface area contributed by atoms with Crippen molar-refractivity contribution in [2.24, 2.45) is 11.7 Å². The summed E-state index contributed by atoms with van der Waals surface area (Å²) in [5, 5.41) is 2.90. The molecular weight excluding hydrogens is 490 g/mol. The maximum absolute atomic E-state index is 13.3. The van der Waals surface area contributed by atoms with Crippen LogP contribution in [0.1, 0.15) is 50.5 Å². The Bertz CT molecular complexity index is 1120. The highest BCUT2D eigenvalue weighted by molar-refractivity contribution is 5.91. The van der Waals surface area contributed by atoms with Gasteiger partial charge in [0.1, 0.15) is 0 Å². The average Bonchev–Trinajstić information content (AvgIpc) is 3.77. The molecule has 2 aromatic carbocycles. The lowest BCUT2D eigenvalue weighted by Gasteiger charge is -2.36. The highest BCUT2D eigenvalue weighted by Crippen LogP contribution is 2.36. The number of hydrogen-bond acceptors (Lipinski definition) is 6. The van der Waals surface area contributed by atoms with E-state index in [9.17, 15) is 9.59 Å². The zero-order valence-corrected chi connectivity index (χ0v) is 24.0. The van der Waals surface area contributed by atoms with Crippen molar-refractivity contribution < 1.29 is 14.3 Å². The molecule has 0 heterocycles. The molecule has 0 atom stereocenters. The van der Waals surface area contributed by atoms with Crippen LogP contribution in [0.2, 0.25) is 0 Å². The first-order chi connectivity index (χ1) is 18.7. The molecule has 0 aliphatic heterocycles. The molecule has 8 heteroatoms. The predicted octanol–water partition coefficient (Wildman–Crippen LogP) is 4.93. The number of ether oxygens (including phenoxy) is 1. The van der Waals surface area contributed by atoms with E-state index in [2.05, 4.69) is 70.5 Å². The van der Waals surface area contributed by atoms with Crippen LogP contribution < -0.4 is 16.0 Å². The molecule has 39 heavy (non-hydrogen) atoms. The van der Waals surface area contributed by atoms with Gasteiger partial charge in [-0.1, -0.05) is 24.3 Å². The number of nitrogens with zero attached hydrogens (tertiary/aromatic N) is 3. The largest absolute Gasteiger partial charge is 0.453 e. The molecular formula is C31H45N5O3. The van der Waals surface area contributed by atoms with E-state index in [1.807, 2.05) is 13.1 Å². The lowest BCUT2D eigenvalue weighted by Crippen LogP contribution is -2.44. The molecule has 0 saturated heterocycles. The fourth-order valence-corrected chi connectivity index (χ4v) is 5.47. The topological polar surface area (TPSA) is 91.1 Å². The first kappa shape index (κ1) is 28.9. The minimum absolute atomic E-state index is 0.193. The van der Waals surface area contributed by atoms with Crippen LogP contribution in [0, 0.1) is 5.92 Å². The highest BCUT2D eigenvalue weighted by Gasteiger charge is 2.37. The molecule has 212 valence electrons. The van der Waals surface area contributed by atoms with Crippen LogP contribution in [0.15, 0.2) is 42.5 Å². The summed E-state index contributed by atoms with van der Waals surface area (Å²) in [6, 6.07) is 15.1. The van der Waals surface area contributed by atoms with Gasteiger partial charge in [0.25, 0.3) is 0 Å². The fourth-order valence-electron chi connectivity index (χ4n) is 5.47. The lowest BCUT2D eigenvalue weighted by atomic mass is 9.90. The molecule has 2 aliphatic carbocycles. The monoisotopic (exact) mass is 535 g/mol. The number of nitrogens with two attached hydrogens (primary N) is 1. The minimum atomic E-state index is -0.495. The van der Waals surface area contributed by atoms with Crippen LogP contribution in [0.5, 0.6) is 0 Å². The van der Waals surface area contributed by atoms with Gasteiger partial charge in [-0.25, -0.2) is 4.79 Å². The van der Waals surface area contributed by atoms with E-state index in [-0.39, 0.29) is 18.0 Å². The van der Waals surface area contributed by atoms with E-state index < -0.39 is 6.09 Å². The van der Waals surface area contributed by atoms with Gasteiger partial charge < -0.3 is 25.2 Å². The van der Waals surface area contributed by atoms with Gasteiger partial charge in [-0.3, -0.25) is 10.1 Å². The summed E-state index contributed by atoms with van der Waals surface area (Å²) in [5.74, 6) is 0.491. The molecule has 2 saturated carbocycles.